The molecule has 1 aromatic carbocycles. The normalized spacial score (nSPS) is 11.3. The molecular weight excluding hydrogens is 288 g/mol. The average Bonchev–Trinajstić information content (AvgIpc) is 2.92. The fraction of sp³-hybridized carbons (Fsp3) is 0.167. The fourth-order valence-corrected chi connectivity index (χ4v) is 2.37. The van der Waals surface area contributed by atoms with Gasteiger partial charge in [-0.3, -0.25) is 4.79 Å². The van der Waals surface area contributed by atoms with E-state index < -0.39 is 0 Å². The summed E-state index contributed by atoms with van der Waals surface area (Å²) in [6.07, 6.45) is 3.30. The van der Waals surface area contributed by atoms with Gasteiger partial charge in [-0.15, -0.1) is 5.10 Å². The van der Waals surface area contributed by atoms with Crippen LogP contribution in [0.4, 0.5) is 0 Å². The van der Waals surface area contributed by atoms with Crippen molar-refractivity contribution in [3.8, 4) is 11.3 Å². The molecule has 3 aromatic rings. The molecule has 0 bridgehead atoms. The third kappa shape index (κ3) is 2.99. The minimum atomic E-state index is -0.0850. The van der Waals surface area contributed by atoms with E-state index in [4.69, 9.17) is 0 Å². The monoisotopic (exact) mass is 306 g/mol. The fourth-order valence-electron chi connectivity index (χ4n) is 2.37. The minimum absolute atomic E-state index is 0.0850. The van der Waals surface area contributed by atoms with Gasteiger partial charge in [0.2, 0.25) is 0 Å². The summed E-state index contributed by atoms with van der Waals surface area (Å²) >= 11 is 0. The predicted octanol–water partition coefficient (Wildman–Crippen LogP) is 2.96. The lowest BCUT2D eigenvalue weighted by molar-refractivity contribution is 0.104. The number of ketones is 1. The Kier molecular flexibility index (Phi) is 3.93. The van der Waals surface area contributed by atoms with E-state index in [1.54, 1.807) is 12.3 Å². The van der Waals surface area contributed by atoms with Crippen molar-refractivity contribution in [3.63, 3.8) is 0 Å². The van der Waals surface area contributed by atoms with Gasteiger partial charge in [-0.2, -0.15) is 9.73 Å². The molecule has 0 saturated heterocycles. The maximum atomic E-state index is 12.7. The van der Waals surface area contributed by atoms with Crippen LogP contribution in [0.3, 0.4) is 0 Å². The van der Waals surface area contributed by atoms with E-state index in [-0.39, 0.29) is 5.78 Å². The van der Waals surface area contributed by atoms with E-state index in [9.17, 15) is 4.79 Å². The van der Waals surface area contributed by atoms with Crippen molar-refractivity contribution in [1.82, 2.24) is 19.7 Å². The van der Waals surface area contributed by atoms with Gasteiger partial charge in [-0.05, 0) is 19.1 Å². The summed E-state index contributed by atoms with van der Waals surface area (Å²) in [7, 11) is 3.76. The molecule has 0 aliphatic heterocycles. The molecule has 0 amide bonds. The Hall–Kier alpha value is -2.95. The number of fused-ring (bicyclic) bond motifs is 1. The number of hydrogen-bond donors (Lipinski definition) is 0. The molecule has 23 heavy (non-hydrogen) atoms. The van der Waals surface area contributed by atoms with Crippen LogP contribution in [-0.4, -0.2) is 39.6 Å². The number of carbonyl (C=O) groups excluding carboxylic acids is 1. The van der Waals surface area contributed by atoms with Gasteiger partial charge >= 0.3 is 0 Å². The number of hydrogen-bond acceptors (Lipinski definition) is 4. The van der Waals surface area contributed by atoms with Gasteiger partial charge in [0.1, 0.15) is 5.69 Å². The van der Waals surface area contributed by atoms with E-state index >= 15 is 0 Å². The summed E-state index contributed by atoms with van der Waals surface area (Å²) in [4.78, 5) is 14.5. The second-order valence-corrected chi connectivity index (χ2v) is 5.58. The highest BCUT2D eigenvalue weighted by molar-refractivity contribution is 6.13. The van der Waals surface area contributed by atoms with Crippen LogP contribution in [0.15, 0.2) is 54.7 Å². The Morgan fingerprint density at radius 2 is 1.83 bits per heavy atom. The molecule has 0 radical (unpaired) electrons. The molecule has 0 saturated carbocycles. The van der Waals surface area contributed by atoms with Crippen LogP contribution >= 0.6 is 0 Å². The van der Waals surface area contributed by atoms with Gasteiger partial charge in [0.05, 0.1) is 16.8 Å². The molecule has 0 fully saturated rings. The number of allylic oxidation sites excluding steroid dienone is 1. The SMILES string of the molecule is Cc1ccc2c(C(=O)C=CN(C)C)c(-c3ccccc3)nn2n1. The summed E-state index contributed by atoms with van der Waals surface area (Å²) in [6.45, 7) is 1.90. The first kappa shape index (κ1) is 15.0. The van der Waals surface area contributed by atoms with Crippen molar-refractivity contribution in [2.24, 2.45) is 0 Å². The highest BCUT2D eigenvalue weighted by Crippen LogP contribution is 2.26. The molecule has 0 spiro atoms. The average molecular weight is 306 g/mol. The summed E-state index contributed by atoms with van der Waals surface area (Å²) in [5, 5.41) is 8.91. The minimum Gasteiger partial charge on any atom is -0.383 e. The van der Waals surface area contributed by atoms with E-state index in [1.807, 2.05) is 68.4 Å². The third-order valence-electron chi connectivity index (χ3n) is 3.46. The highest BCUT2D eigenvalue weighted by Gasteiger charge is 2.20. The molecule has 0 aliphatic carbocycles. The maximum Gasteiger partial charge on any atom is 0.191 e. The quantitative estimate of drug-likeness (QED) is 0.549. The van der Waals surface area contributed by atoms with Crippen molar-refractivity contribution in [1.29, 1.82) is 0 Å². The largest absolute Gasteiger partial charge is 0.383 e. The van der Waals surface area contributed by atoms with Gasteiger partial charge in [0, 0.05) is 31.9 Å². The molecule has 0 atom stereocenters. The number of nitrogens with zero attached hydrogens (tertiary/aromatic N) is 4. The van der Waals surface area contributed by atoms with Crippen molar-refractivity contribution in [2.45, 2.75) is 6.92 Å². The lowest BCUT2D eigenvalue weighted by Gasteiger charge is -2.03. The van der Waals surface area contributed by atoms with Crippen LogP contribution in [0.1, 0.15) is 16.1 Å². The van der Waals surface area contributed by atoms with Crippen LogP contribution in [0, 0.1) is 6.92 Å². The molecule has 5 nitrogen and oxygen atoms in total. The summed E-state index contributed by atoms with van der Waals surface area (Å²) < 4.78 is 1.54. The Morgan fingerprint density at radius 3 is 2.52 bits per heavy atom. The second-order valence-electron chi connectivity index (χ2n) is 5.58. The van der Waals surface area contributed by atoms with E-state index in [2.05, 4.69) is 10.2 Å². The van der Waals surface area contributed by atoms with Crippen LogP contribution in [0.25, 0.3) is 16.8 Å². The Bertz CT molecular complexity index is 879. The molecule has 0 N–H and O–H groups in total. The number of carbonyl (C=O) groups is 1. The van der Waals surface area contributed by atoms with E-state index in [0.717, 1.165) is 11.3 Å². The molecule has 3 rings (SSSR count). The van der Waals surface area contributed by atoms with Crippen LogP contribution in [0.2, 0.25) is 0 Å². The first-order chi connectivity index (χ1) is 11.1. The smallest absolute Gasteiger partial charge is 0.191 e. The molecule has 0 unspecified atom stereocenters. The van der Waals surface area contributed by atoms with Crippen LogP contribution < -0.4 is 0 Å². The Labute approximate surface area is 134 Å². The Balaban J connectivity index is 2.22. The van der Waals surface area contributed by atoms with E-state index in [0.29, 0.717) is 16.8 Å². The van der Waals surface area contributed by atoms with Crippen molar-refractivity contribution in [2.75, 3.05) is 14.1 Å². The lowest BCUT2D eigenvalue weighted by atomic mass is 10.0. The predicted molar refractivity (Wildman–Crippen MR) is 90.3 cm³/mol. The highest BCUT2D eigenvalue weighted by atomic mass is 16.1. The van der Waals surface area contributed by atoms with Crippen LogP contribution in [-0.2, 0) is 0 Å². The Morgan fingerprint density at radius 1 is 1.09 bits per heavy atom. The number of aromatic nitrogens is 3. The lowest BCUT2D eigenvalue weighted by Crippen LogP contribution is -2.04. The number of rotatable bonds is 4. The molecule has 2 aromatic heterocycles. The summed E-state index contributed by atoms with van der Waals surface area (Å²) in [5.74, 6) is -0.0850. The molecule has 0 aliphatic rings. The van der Waals surface area contributed by atoms with E-state index in [1.165, 1.54) is 4.63 Å². The third-order valence-corrected chi connectivity index (χ3v) is 3.46. The van der Waals surface area contributed by atoms with Gasteiger partial charge in [-0.1, -0.05) is 30.3 Å². The zero-order valence-electron chi connectivity index (χ0n) is 13.4. The molecule has 2 heterocycles. The van der Waals surface area contributed by atoms with Gasteiger partial charge in [-0.25, -0.2) is 0 Å². The number of aryl methyl sites for hydroxylation is 1. The van der Waals surface area contributed by atoms with Crippen molar-refractivity contribution >= 4 is 11.3 Å². The number of benzene rings is 1. The van der Waals surface area contributed by atoms with Gasteiger partial charge < -0.3 is 4.90 Å². The standard InChI is InChI=1S/C18H18N4O/c1-13-9-10-15-17(16(23)11-12-21(2)3)18(20-22(15)19-13)14-7-5-4-6-8-14/h4-12H,1-3H3. The van der Waals surface area contributed by atoms with Crippen molar-refractivity contribution in [3.05, 3.63) is 66.0 Å². The van der Waals surface area contributed by atoms with Gasteiger partial charge in [0.25, 0.3) is 0 Å². The first-order valence-electron chi connectivity index (χ1n) is 7.37. The molecule has 116 valence electrons. The van der Waals surface area contributed by atoms with Crippen molar-refractivity contribution < 1.29 is 4.79 Å². The molecular formula is C18H18N4O. The van der Waals surface area contributed by atoms with Crippen LogP contribution in [0.5, 0.6) is 0 Å². The summed E-state index contributed by atoms with van der Waals surface area (Å²) in [5.41, 5.74) is 3.68. The summed E-state index contributed by atoms with van der Waals surface area (Å²) in [6, 6.07) is 13.5. The zero-order chi connectivity index (χ0) is 16.4. The zero-order valence-corrected chi connectivity index (χ0v) is 13.4. The topological polar surface area (TPSA) is 50.5 Å². The second kappa shape index (κ2) is 6.04. The van der Waals surface area contributed by atoms with Gasteiger partial charge in [0.15, 0.2) is 5.78 Å². The maximum absolute atomic E-state index is 12.7. The molecule has 5 heteroatoms. The first-order valence-corrected chi connectivity index (χ1v) is 7.37.